The van der Waals surface area contributed by atoms with E-state index in [1.165, 1.54) is 63.5 Å². The van der Waals surface area contributed by atoms with E-state index in [0.29, 0.717) is 16.4 Å². The first-order chi connectivity index (χ1) is 16.9. The summed E-state index contributed by atoms with van der Waals surface area (Å²) in [6.07, 6.45) is 2.08. The second kappa shape index (κ2) is 8.18. The van der Waals surface area contributed by atoms with Crippen molar-refractivity contribution in [2.24, 2.45) is 0 Å². The predicted octanol–water partition coefficient (Wildman–Crippen LogP) is 5.63. The van der Waals surface area contributed by atoms with Crippen molar-refractivity contribution >= 4 is 59.1 Å². The van der Waals surface area contributed by atoms with Crippen LogP contribution >= 0.6 is 11.3 Å². The van der Waals surface area contributed by atoms with E-state index in [2.05, 4.69) is 29.6 Å². The number of hydrogen-bond donors (Lipinski definition) is 1. The van der Waals surface area contributed by atoms with Crippen molar-refractivity contribution in [1.82, 2.24) is 4.98 Å². The monoisotopic (exact) mass is 499 g/mol. The Hall–Kier alpha value is -3.75. The van der Waals surface area contributed by atoms with Gasteiger partial charge < -0.3 is 0 Å². The highest BCUT2D eigenvalue weighted by molar-refractivity contribution is 7.92. The van der Waals surface area contributed by atoms with E-state index in [1.54, 1.807) is 24.3 Å². The molecule has 0 fully saturated rings. The summed E-state index contributed by atoms with van der Waals surface area (Å²) in [4.78, 5) is 17.7. The normalized spacial score (nSPS) is 12.8. The molecule has 1 N–H and O–H groups in total. The number of aromatic nitrogens is 1. The maximum Gasteiger partial charge on any atom is 0.264 e. The lowest BCUT2D eigenvalue weighted by molar-refractivity contribution is 0.102. The molecule has 0 aliphatic heterocycles. The number of hydrogen-bond acceptors (Lipinski definition) is 5. The summed E-state index contributed by atoms with van der Waals surface area (Å²) in [6, 6.07) is 23.3. The van der Waals surface area contributed by atoms with Crippen molar-refractivity contribution in [3.05, 3.63) is 95.6 Å². The number of rotatable bonds is 5. The molecule has 0 unspecified atom stereocenters. The zero-order valence-electron chi connectivity index (χ0n) is 18.9. The molecule has 0 saturated heterocycles. The molecule has 8 heteroatoms. The summed E-state index contributed by atoms with van der Waals surface area (Å²) in [5, 5.41) is 5.82. The second-order valence-electron chi connectivity index (χ2n) is 8.53. The minimum Gasteiger partial charge on any atom is -0.298 e. The molecular weight excluding hydrogens is 478 g/mol. The summed E-state index contributed by atoms with van der Waals surface area (Å²) >= 11 is 1.45. The molecule has 174 valence electrons. The first-order valence-corrected chi connectivity index (χ1v) is 13.5. The van der Waals surface area contributed by atoms with Crippen molar-refractivity contribution in [2.45, 2.75) is 17.7 Å². The number of amides is 1. The Labute approximate surface area is 206 Å². The number of para-hydroxylation sites is 1. The molecule has 1 aliphatic carbocycles. The van der Waals surface area contributed by atoms with Gasteiger partial charge in [0, 0.05) is 18.0 Å². The van der Waals surface area contributed by atoms with Gasteiger partial charge in [-0.25, -0.2) is 13.4 Å². The highest BCUT2D eigenvalue weighted by Gasteiger charge is 2.22. The van der Waals surface area contributed by atoms with E-state index < -0.39 is 10.0 Å². The Morgan fingerprint density at radius 1 is 0.943 bits per heavy atom. The van der Waals surface area contributed by atoms with Crippen LogP contribution in [0.2, 0.25) is 0 Å². The largest absolute Gasteiger partial charge is 0.298 e. The van der Waals surface area contributed by atoms with Crippen LogP contribution < -0.4 is 9.62 Å². The summed E-state index contributed by atoms with van der Waals surface area (Å²) in [7, 11) is -2.23. The number of carbonyl (C=O) groups is 1. The third-order valence-corrected chi connectivity index (χ3v) is 9.18. The Morgan fingerprint density at radius 2 is 1.69 bits per heavy atom. The van der Waals surface area contributed by atoms with Gasteiger partial charge in [0.1, 0.15) is 0 Å². The van der Waals surface area contributed by atoms with Crippen LogP contribution in [-0.4, -0.2) is 26.4 Å². The number of carbonyl (C=O) groups excluding carboxylic acids is 1. The Balaban J connectivity index is 1.25. The van der Waals surface area contributed by atoms with Crippen LogP contribution in [0.5, 0.6) is 0 Å². The summed E-state index contributed by atoms with van der Waals surface area (Å²) in [5.41, 5.74) is 4.51. The molecule has 6 rings (SSSR count). The fourth-order valence-electron chi connectivity index (χ4n) is 4.64. The second-order valence-corrected chi connectivity index (χ2v) is 11.5. The average molecular weight is 500 g/mol. The first kappa shape index (κ1) is 21.8. The zero-order valence-corrected chi connectivity index (χ0v) is 20.5. The number of benzene rings is 4. The van der Waals surface area contributed by atoms with E-state index in [9.17, 15) is 13.2 Å². The molecule has 0 radical (unpaired) electrons. The molecule has 35 heavy (non-hydrogen) atoms. The average Bonchev–Trinajstić information content (AvgIpc) is 3.49. The zero-order chi connectivity index (χ0) is 24.2. The maximum absolute atomic E-state index is 13.0. The summed E-state index contributed by atoms with van der Waals surface area (Å²) in [5.74, 6) is -0.332. The van der Waals surface area contributed by atoms with Crippen molar-refractivity contribution < 1.29 is 13.2 Å². The molecule has 5 aromatic rings. The Bertz CT molecular complexity index is 1710. The lowest BCUT2D eigenvalue weighted by atomic mass is 10.0. The first-order valence-electron chi connectivity index (χ1n) is 11.2. The van der Waals surface area contributed by atoms with Crippen LogP contribution in [-0.2, 0) is 22.9 Å². The summed E-state index contributed by atoms with van der Waals surface area (Å²) < 4.78 is 28.2. The molecule has 0 spiro atoms. The number of nitrogens with zero attached hydrogens (tertiary/aromatic N) is 2. The highest BCUT2D eigenvalue weighted by atomic mass is 32.2. The van der Waals surface area contributed by atoms with Gasteiger partial charge in [0.25, 0.3) is 15.9 Å². The van der Waals surface area contributed by atoms with Gasteiger partial charge in [-0.05, 0) is 71.8 Å². The standard InChI is InChI=1S/C27H21N3O3S2/c1-30(20-7-3-2-4-8-20)35(32,33)21-14-12-18(13-15-21)26(31)29-27-28-25-22-9-5-6-17-10-11-19(24(17)22)16-23(25)34-27/h2-9,12-16H,10-11H2,1H3,(H,28,29,31). The van der Waals surface area contributed by atoms with Gasteiger partial charge >= 0.3 is 0 Å². The molecule has 1 amide bonds. The van der Waals surface area contributed by atoms with Crippen molar-refractivity contribution in [1.29, 1.82) is 0 Å². The summed E-state index contributed by atoms with van der Waals surface area (Å²) in [6.45, 7) is 0. The molecule has 6 nitrogen and oxygen atoms in total. The molecule has 1 heterocycles. The highest BCUT2D eigenvalue weighted by Crippen LogP contribution is 2.39. The van der Waals surface area contributed by atoms with Crippen LogP contribution in [0.4, 0.5) is 10.8 Å². The van der Waals surface area contributed by atoms with Crippen LogP contribution in [0, 0.1) is 0 Å². The van der Waals surface area contributed by atoms with Gasteiger partial charge in [-0.1, -0.05) is 47.7 Å². The topological polar surface area (TPSA) is 79.4 Å². The minimum absolute atomic E-state index is 0.115. The predicted molar refractivity (Wildman–Crippen MR) is 141 cm³/mol. The molecule has 4 aromatic carbocycles. The number of anilines is 2. The van der Waals surface area contributed by atoms with Gasteiger partial charge in [0.15, 0.2) is 5.13 Å². The van der Waals surface area contributed by atoms with Crippen molar-refractivity contribution in [3.8, 4) is 0 Å². The lowest BCUT2D eigenvalue weighted by Gasteiger charge is -2.19. The molecular formula is C27H21N3O3S2. The van der Waals surface area contributed by atoms with E-state index in [4.69, 9.17) is 4.98 Å². The molecule has 1 aromatic heterocycles. The van der Waals surface area contributed by atoms with Crippen LogP contribution in [0.3, 0.4) is 0 Å². The van der Waals surface area contributed by atoms with E-state index in [0.717, 1.165) is 28.4 Å². The number of nitrogens with one attached hydrogen (secondary N) is 1. The number of fused-ring (bicyclic) bond motifs is 2. The molecule has 0 saturated carbocycles. The fraction of sp³-hybridized carbons (Fsp3) is 0.111. The van der Waals surface area contributed by atoms with Gasteiger partial charge in [-0.2, -0.15) is 0 Å². The smallest absolute Gasteiger partial charge is 0.264 e. The molecule has 0 bridgehead atoms. The van der Waals surface area contributed by atoms with Gasteiger partial charge in [0.05, 0.1) is 20.8 Å². The minimum atomic E-state index is -3.74. The third kappa shape index (κ3) is 3.66. The number of thiazole rings is 1. The van der Waals surface area contributed by atoms with Gasteiger partial charge in [0.2, 0.25) is 0 Å². The maximum atomic E-state index is 13.0. The Kier molecular flexibility index (Phi) is 5.09. The molecule has 1 aliphatic rings. The van der Waals surface area contributed by atoms with Crippen LogP contribution in [0.25, 0.3) is 21.0 Å². The van der Waals surface area contributed by atoms with E-state index >= 15 is 0 Å². The fourth-order valence-corrected chi connectivity index (χ4v) is 6.78. The third-order valence-electron chi connectivity index (χ3n) is 6.46. The number of aryl methyl sites for hydroxylation is 2. The van der Waals surface area contributed by atoms with E-state index in [-0.39, 0.29) is 10.8 Å². The van der Waals surface area contributed by atoms with Crippen molar-refractivity contribution in [2.75, 3.05) is 16.7 Å². The Morgan fingerprint density at radius 3 is 2.46 bits per heavy atom. The van der Waals surface area contributed by atoms with E-state index in [1.807, 2.05) is 6.07 Å². The quantitative estimate of drug-likeness (QED) is 0.340. The SMILES string of the molecule is CN(c1ccccc1)S(=O)(=O)c1ccc(C(=O)Nc2nc3c(cc4c5c(cccc53)CC4)s2)cc1. The van der Waals surface area contributed by atoms with Crippen molar-refractivity contribution in [3.63, 3.8) is 0 Å². The van der Waals surface area contributed by atoms with Crippen LogP contribution in [0.15, 0.2) is 83.8 Å². The van der Waals surface area contributed by atoms with Gasteiger partial charge in [-0.3, -0.25) is 14.4 Å². The van der Waals surface area contributed by atoms with Gasteiger partial charge in [-0.15, -0.1) is 0 Å². The number of sulfonamides is 1. The lowest BCUT2D eigenvalue weighted by Crippen LogP contribution is -2.26. The molecule has 0 atom stereocenters. The van der Waals surface area contributed by atoms with Crippen LogP contribution in [0.1, 0.15) is 21.5 Å².